The van der Waals surface area contributed by atoms with Crippen LogP contribution in [0.5, 0.6) is 0 Å². The fourth-order valence-electron chi connectivity index (χ4n) is 1.21. The summed E-state index contributed by atoms with van der Waals surface area (Å²) in [6.45, 7) is 1.68. The van der Waals surface area contributed by atoms with Crippen LogP contribution >= 0.6 is 0 Å². The van der Waals surface area contributed by atoms with Gasteiger partial charge in [-0.25, -0.2) is 4.39 Å². The van der Waals surface area contributed by atoms with Crippen LogP contribution in [-0.4, -0.2) is 31.2 Å². The minimum atomic E-state index is -0.482. The molecule has 1 amide bonds. The van der Waals surface area contributed by atoms with Gasteiger partial charge in [-0.15, -0.1) is 0 Å². The van der Waals surface area contributed by atoms with Gasteiger partial charge in [-0.1, -0.05) is 0 Å². The van der Waals surface area contributed by atoms with Gasteiger partial charge >= 0.3 is 0 Å². The van der Waals surface area contributed by atoms with Crippen LogP contribution in [0.2, 0.25) is 0 Å². The molecule has 94 valence electrons. The molecule has 0 saturated heterocycles. The first-order valence-electron chi connectivity index (χ1n) is 5.08. The Labute approximate surface area is 99.3 Å². The lowest BCUT2D eigenvalue weighted by molar-refractivity contribution is -0.154. The van der Waals surface area contributed by atoms with Gasteiger partial charge in [0.15, 0.2) is 0 Å². The van der Waals surface area contributed by atoms with E-state index in [-0.39, 0.29) is 11.6 Å². The Balaban J connectivity index is 2.74. The number of hydrogen-bond acceptors (Lipinski definition) is 4. The third-order valence-corrected chi connectivity index (χ3v) is 2.48. The standard InChI is InChI=1S/C11H16FN3O2/c1-7(15(2)17-3)11(16)14-10-5-4-8(12)6-9(10)13/h4-7H,13H2,1-3H3,(H,14,16). The van der Waals surface area contributed by atoms with Crippen molar-refractivity contribution in [3.8, 4) is 0 Å². The molecule has 0 aliphatic carbocycles. The highest BCUT2D eigenvalue weighted by Crippen LogP contribution is 2.19. The van der Waals surface area contributed by atoms with E-state index in [0.29, 0.717) is 5.69 Å². The lowest BCUT2D eigenvalue weighted by Crippen LogP contribution is -2.39. The number of carbonyl (C=O) groups is 1. The maximum absolute atomic E-state index is 12.8. The molecule has 0 radical (unpaired) electrons. The molecule has 17 heavy (non-hydrogen) atoms. The quantitative estimate of drug-likeness (QED) is 0.614. The average molecular weight is 241 g/mol. The number of likely N-dealkylation sites (N-methyl/N-ethyl adjacent to an activating group) is 1. The molecular formula is C11H16FN3O2. The summed E-state index contributed by atoms with van der Waals surface area (Å²) in [4.78, 5) is 16.7. The minimum Gasteiger partial charge on any atom is -0.397 e. The molecule has 0 aromatic heterocycles. The van der Waals surface area contributed by atoms with Crippen LogP contribution in [-0.2, 0) is 9.63 Å². The first-order valence-corrected chi connectivity index (χ1v) is 5.08. The number of nitrogens with two attached hydrogens (primary N) is 1. The second-order valence-electron chi connectivity index (χ2n) is 3.63. The van der Waals surface area contributed by atoms with E-state index >= 15 is 0 Å². The number of carbonyl (C=O) groups excluding carboxylic acids is 1. The van der Waals surface area contributed by atoms with Crippen LogP contribution in [0.25, 0.3) is 0 Å². The third-order valence-electron chi connectivity index (χ3n) is 2.48. The van der Waals surface area contributed by atoms with Gasteiger partial charge in [0.05, 0.1) is 18.5 Å². The zero-order valence-electron chi connectivity index (χ0n) is 10.0. The van der Waals surface area contributed by atoms with Crippen molar-refractivity contribution >= 4 is 17.3 Å². The molecular weight excluding hydrogens is 225 g/mol. The Morgan fingerprint density at radius 1 is 1.59 bits per heavy atom. The number of anilines is 2. The van der Waals surface area contributed by atoms with E-state index in [1.807, 2.05) is 0 Å². The van der Waals surface area contributed by atoms with Gasteiger partial charge in [-0.05, 0) is 25.1 Å². The molecule has 0 fully saturated rings. The first kappa shape index (κ1) is 13.4. The van der Waals surface area contributed by atoms with E-state index in [2.05, 4.69) is 5.32 Å². The highest BCUT2D eigenvalue weighted by molar-refractivity contribution is 5.96. The average Bonchev–Trinajstić information content (AvgIpc) is 2.30. The Morgan fingerprint density at radius 3 is 2.76 bits per heavy atom. The fourth-order valence-corrected chi connectivity index (χ4v) is 1.21. The zero-order chi connectivity index (χ0) is 13.0. The molecule has 1 unspecified atom stereocenters. The molecule has 1 aromatic carbocycles. The molecule has 1 aromatic rings. The number of amides is 1. The maximum Gasteiger partial charge on any atom is 0.243 e. The molecule has 0 spiro atoms. The topological polar surface area (TPSA) is 67.6 Å². The Kier molecular flexibility index (Phi) is 4.42. The summed E-state index contributed by atoms with van der Waals surface area (Å²) >= 11 is 0. The summed E-state index contributed by atoms with van der Waals surface area (Å²) in [6.07, 6.45) is 0. The van der Waals surface area contributed by atoms with Gasteiger partial charge in [0.2, 0.25) is 5.91 Å². The number of nitrogen functional groups attached to an aromatic ring is 1. The van der Waals surface area contributed by atoms with Crippen molar-refractivity contribution in [3.05, 3.63) is 24.0 Å². The molecule has 1 atom stereocenters. The lowest BCUT2D eigenvalue weighted by atomic mass is 10.2. The van der Waals surface area contributed by atoms with Gasteiger partial charge in [-0.2, -0.15) is 5.06 Å². The number of hydroxylamine groups is 2. The van der Waals surface area contributed by atoms with Crippen molar-refractivity contribution in [2.75, 3.05) is 25.2 Å². The summed E-state index contributed by atoms with van der Waals surface area (Å²) in [7, 11) is 3.11. The second-order valence-corrected chi connectivity index (χ2v) is 3.63. The Hall–Kier alpha value is -1.66. The first-order chi connectivity index (χ1) is 7.95. The van der Waals surface area contributed by atoms with E-state index in [9.17, 15) is 9.18 Å². The zero-order valence-corrected chi connectivity index (χ0v) is 10.0. The monoisotopic (exact) mass is 241 g/mol. The number of nitrogens with one attached hydrogen (secondary N) is 1. The van der Waals surface area contributed by atoms with E-state index in [4.69, 9.17) is 10.6 Å². The van der Waals surface area contributed by atoms with E-state index in [0.717, 1.165) is 6.07 Å². The van der Waals surface area contributed by atoms with Crippen LogP contribution in [0.15, 0.2) is 18.2 Å². The summed E-state index contributed by atoms with van der Waals surface area (Å²) in [5.74, 6) is -0.727. The third kappa shape index (κ3) is 3.40. The van der Waals surface area contributed by atoms with Crippen molar-refractivity contribution in [1.82, 2.24) is 5.06 Å². The molecule has 0 heterocycles. The van der Waals surface area contributed by atoms with Gasteiger partial charge in [-0.3, -0.25) is 4.79 Å². The summed E-state index contributed by atoms with van der Waals surface area (Å²) < 4.78 is 12.8. The second kappa shape index (κ2) is 5.60. The predicted molar refractivity (Wildman–Crippen MR) is 63.7 cm³/mol. The van der Waals surface area contributed by atoms with Crippen molar-refractivity contribution in [3.63, 3.8) is 0 Å². The molecule has 3 N–H and O–H groups in total. The van der Waals surface area contributed by atoms with Crippen molar-refractivity contribution < 1.29 is 14.0 Å². The smallest absolute Gasteiger partial charge is 0.243 e. The molecule has 6 heteroatoms. The maximum atomic E-state index is 12.8. The molecule has 0 aliphatic rings. The summed E-state index contributed by atoms with van der Waals surface area (Å²) in [6, 6.07) is 3.32. The van der Waals surface area contributed by atoms with Crippen molar-refractivity contribution in [2.24, 2.45) is 0 Å². The van der Waals surface area contributed by atoms with Crippen LogP contribution in [0, 0.1) is 5.82 Å². The molecule has 5 nitrogen and oxygen atoms in total. The predicted octanol–water partition coefficient (Wildman–Crippen LogP) is 1.23. The lowest BCUT2D eigenvalue weighted by Gasteiger charge is -2.21. The summed E-state index contributed by atoms with van der Waals surface area (Å²) in [5.41, 5.74) is 6.15. The van der Waals surface area contributed by atoms with Crippen LogP contribution in [0.4, 0.5) is 15.8 Å². The molecule has 0 bridgehead atoms. The normalized spacial score (nSPS) is 12.5. The largest absolute Gasteiger partial charge is 0.397 e. The van der Waals surface area contributed by atoms with Crippen LogP contribution in [0.1, 0.15) is 6.92 Å². The van der Waals surface area contributed by atoms with Crippen molar-refractivity contribution in [2.45, 2.75) is 13.0 Å². The van der Waals surface area contributed by atoms with E-state index < -0.39 is 11.9 Å². The number of rotatable bonds is 4. The Bertz CT molecular complexity index is 412. The Morgan fingerprint density at radius 2 is 2.24 bits per heavy atom. The number of benzene rings is 1. The van der Waals surface area contributed by atoms with E-state index in [1.165, 1.54) is 24.3 Å². The number of halogens is 1. The van der Waals surface area contributed by atoms with Gasteiger partial charge in [0, 0.05) is 7.05 Å². The number of hydrogen-bond donors (Lipinski definition) is 2. The van der Waals surface area contributed by atoms with Crippen LogP contribution in [0.3, 0.4) is 0 Å². The highest BCUT2D eigenvalue weighted by atomic mass is 19.1. The van der Waals surface area contributed by atoms with Gasteiger partial charge in [0.25, 0.3) is 0 Å². The summed E-state index contributed by atoms with van der Waals surface area (Å²) in [5, 5.41) is 4.00. The fraction of sp³-hybridized carbons (Fsp3) is 0.364. The molecule has 0 aliphatic heterocycles. The van der Waals surface area contributed by atoms with Crippen molar-refractivity contribution in [1.29, 1.82) is 0 Å². The highest BCUT2D eigenvalue weighted by Gasteiger charge is 2.18. The van der Waals surface area contributed by atoms with Crippen LogP contribution < -0.4 is 11.1 Å². The van der Waals surface area contributed by atoms with E-state index in [1.54, 1.807) is 14.0 Å². The van der Waals surface area contributed by atoms with Gasteiger partial charge < -0.3 is 15.9 Å². The molecule has 1 rings (SSSR count). The molecule has 0 saturated carbocycles. The minimum absolute atomic E-state index is 0.186. The van der Waals surface area contributed by atoms with Gasteiger partial charge in [0.1, 0.15) is 11.9 Å². The SMILES string of the molecule is CON(C)C(C)C(=O)Nc1ccc(F)cc1N. The number of nitrogens with zero attached hydrogens (tertiary/aromatic N) is 1.